The number of benzene rings is 1. The summed E-state index contributed by atoms with van der Waals surface area (Å²) in [5, 5.41) is 21.2. The number of hydrogen-bond acceptors (Lipinski definition) is 7. The van der Waals surface area contributed by atoms with Crippen LogP contribution in [-0.2, 0) is 11.2 Å². The van der Waals surface area contributed by atoms with Crippen molar-refractivity contribution in [1.82, 2.24) is 24.7 Å². The Morgan fingerprint density at radius 2 is 2.09 bits per heavy atom. The summed E-state index contributed by atoms with van der Waals surface area (Å²) in [6, 6.07) is 11.7. The molecule has 9 heteroatoms. The third-order valence-corrected chi connectivity index (χ3v) is 6.83. The third kappa shape index (κ3) is 3.97. The first-order valence-electron chi connectivity index (χ1n) is 11.9. The van der Waals surface area contributed by atoms with Crippen LogP contribution in [0.15, 0.2) is 48.9 Å². The fourth-order valence-corrected chi connectivity index (χ4v) is 5.07. The van der Waals surface area contributed by atoms with Crippen LogP contribution in [0.2, 0.25) is 0 Å². The van der Waals surface area contributed by atoms with Gasteiger partial charge in [-0.15, -0.1) is 0 Å². The smallest absolute Gasteiger partial charge is 0.238 e. The lowest BCUT2D eigenvalue weighted by atomic mass is 9.94. The number of fused-ring (bicyclic) bond motifs is 2. The van der Waals surface area contributed by atoms with Crippen LogP contribution in [0.4, 0.5) is 11.6 Å². The van der Waals surface area contributed by atoms with Crippen molar-refractivity contribution < 1.29 is 4.79 Å². The van der Waals surface area contributed by atoms with Gasteiger partial charge < -0.3 is 10.6 Å². The van der Waals surface area contributed by atoms with E-state index in [1.807, 2.05) is 29.2 Å². The normalized spacial score (nSPS) is 17.3. The van der Waals surface area contributed by atoms with Gasteiger partial charge in [-0.1, -0.05) is 18.9 Å². The maximum Gasteiger partial charge on any atom is 0.238 e. The van der Waals surface area contributed by atoms with Crippen molar-refractivity contribution in [1.29, 1.82) is 5.26 Å². The molecule has 1 aliphatic heterocycles. The van der Waals surface area contributed by atoms with Crippen molar-refractivity contribution in [2.24, 2.45) is 0 Å². The van der Waals surface area contributed by atoms with E-state index < -0.39 is 5.92 Å². The second-order valence-electron chi connectivity index (χ2n) is 9.09. The highest BCUT2D eigenvalue weighted by atomic mass is 16.2. The van der Waals surface area contributed by atoms with Gasteiger partial charge in [0.1, 0.15) is 5.92 Å². The van der Waals surface area contributed by atoms with Crippen LogP contribution in [-0.4, -0.2) is 37.2 Å². The predicted octanol–water partition coefficient (Wildman–Crippen LogP) is 3.95. The minimum absolute atomic E-state index is 0.162. The van der Waals surface area contributed by atoms with Crippen molar-refractivity contribution >= 4 is 28.6 Å². The zero-order valence-corrected chi connectivity index (χ0v) is 19.1. The zero-order chi connectivity index (χ0) is 23.8. The molecule has 9 nitrogen and oxygen atoms in total. The number of nitriles is 1. The Labute approximate surface area is 202 Å². The SMILES string of the molecule is N#Cc1ccc2c(c1)C(c1nc(NCCc3cccnc3)nc3nn(C4CCCC4)cc13)C(=O)N2. The van der Waals surface area contributed by atoms with Gasteiger partial charge >= 0.3 is 0 Å². The van der Waals surface area contributed by atoms with Gasteiger partial charge in [-0.25, -0.2) is 4.98 Å². The van der Waals surface area contributed by atoms with Gasteiger partial charge in [-0.3, -0.25) is 14.5 Å². The summed E-state index contributed by atoms with van der Waals surface area (Å²) in [4.78, 5) is 26.8. The Morgan fingerprint density at radius 3 is 2.89 bits per heavy atom. The number of anilines is 2. The van der Waals surface area contributed by atoms with Crippen LogP contribution in [0.1, 0.15) is 60.0 Å². The molecule has 174 valence electrons. The van der Waals surface area contributed by atoms with Gasteiger partial charge in [0.15, 0.2) is 5.65 Å². The Hall–Kier alpha value is -4.32. The lowest BCUT2D eigenvalue weighted by Crippen LogP contribution is -2.17. The van der Waals surface area contributed by atoms with E-state index in [0.29, 0.717) is 41.1 Å². The number of nitrogens with one attached hydrogen (secondary N) is 2. The van der Waals surface area contributed by atoms with E-state index in [1.165, 1.54) is 12.8 Å². The number of carbonyl (C=O) groups is 1. The molecule has 1 aromatic carbocycles. The molecule has 0 radical (unpaired) electrons. The minimum atomic E-state index is -0.635. The molecule has 2 aliphatic rings. The highest BCUT2D eigenvalue weighted by Crippen LogP contribution is 2.40. The first-order valence-corrected chi connectivity index (χ1v) is 11.9. The van der Waals surface area contributed by atoms with Gasteiger partial charge in [-0.05, 0) is 54.7 Å². The lowest BCUT2D eigenvalue weighted by molar-refractivity contribution is -0.116. The molecule has 1 fully saturated rings. The van der Waals surface area contributed by atoms with Crippen LogP contribution in [0.3, 0.4) is 0 Å². The summed E-state index contributed by atoms with van der Waals surface area (Å²) in [7, 11) is 0. The first kappa shape index (κ1) is 21.2. The van der Waals surface area contributed by atoms with Crippen molar-refractivity contribution in [3.63, 3.8) is 0 Å². The van der Waals surface area contributed by atoms with E-state index in [-0.39, 0.29) is 5.91 Å². The molecule has 4 heterocycles. The number of rotatable bonds is 6. The second-order valence-corrected chi connectivity index (χ2v) is 9.09. The first-order chi connectivity index (χ1) is 17.2. The van der Waals surface area contributed by atoms with Gasteiger partial charge in [0.2, 0.25) is 11.9 Å². The van der Waals surface area contributed by atoms with Crippen LogP contribution < -0.4 is 10.6 Å². The van der Waals surface area contributed by atoms with E-state index in [1.54, 1.807) is 24.4 Å². The zero-order valence-electron chi connectivity index (χ0n) is 19.1. The van der Waals surface area contributed by atoms with Crippen LogP contribution in [0, 0.1) is 11.3 Å². The van der Waals surface area contributed by atoms with Crippen molar-refractivity contribution in [3.05, 3.63) is 71.3 Å². The molecule has 4 aromatic rings. The monoisotopic (exact) mass is 464 g/mol. The molecule has 1 unspecified atom stereocenters. The Kier molecular flexibility index (Phi) is 5.34. The molecule has 35 heavy (non-hydrogen) atoms. The number of pyridine rings is 1. The molecule has 0 saturated heterocycles. The molecule has 0 bridgehead atoms. The topological polar surface area (TPSA) is 121 Å². The molecular weight excluding hydrogens is 440 g/mol. The van der Waals surface area contributed by atoms with Crippen molar-refractivity contribution in [2.75, 3.05) is 17.2 Å². The molecule has 1 aliphatic carbocycles. The Bertz CT molecular complexity index is 1450. The summed E-state index contributed by atoms with van der Waals surface area (Å²) in [6.07, 6.45) is 10.9. The molecule has 3 aromatic heterocycles. The molecule has 1 saturated carbocycles. The van der Waals surface area contributed by atoms with Crippen LogP contribution in [0.5, 0.6) is 0 Å². The lowest BCUT2D eigenvalue weighted by Gasteiger charge is -2.12. The van der Waals surface area contributed by atoms with E-state index in [9.17, 15) is 10.1 Å². The molecule has 0 spiro atoms. The molecular formula is C26H24N8O. The summed E-state index contributed by atoms with van der Waals surface area (Å²) in [6.45, 7) is 0.617. The predicted molar refractivity (Wildman–Crippen MR) is 131 cm³/mol. The van der Waals surface area contributed by atoms with Crippen LogP contribution >= 0.6 is 0 Å². The van der Waals surface area contributed by atoms with Gasteiger partial charge in [-0.2, -0.15) is 15.3 Å². The van der Waals surface area contributed by atoms with Crippen molar-refractivity contribution in [2.45, 2.75) is 44.1 Å². The van der Waals surface area contributed by atoms with Gasteiger partial charge in [0.05, 0.1) is 28.8 Å². The van der Waals surface area contributed by atoms with Gasteiger partial charge in [0, 0.05) is 30.8 Å². The average Bonchev–Trinajstić information content (AvgIpc) is 3.62. The molecule has 6 rings (SSSR count). The van der Waals surface area contributed by atoms with Crippen LogP contribution in [0.25, 0.3) is 11.0 Å². The number of aromatic nitrogens is 5. The standard InChI is InChI=1S/C26H24N8O/c27-13-17-7-8-21-19(12-17)22(25(35)30-21)23-20-15-34(18-5-1-2-6-18)33-24(20)32-26(31-23)29-11-9-16-4-3-10-28-14-16/h3-4,7-8,10,12,14-15,18,22H,1-2,5-6,9,11H2,(H,30,35)(H,29,32,33). The second kappa shape index (κ2) is 8.80. The molecule has 1 amide bonds. The average molecular weight is 465 g/mol. The third-order valence-electron chi connectivity index (χ3n) is 6.83. The number of carbonyl (C=O) groups excluding carboxylic acids is 1. The molecule has 2 N–H and O–H groups in total. The quantitative estimate of drug-likeness (QED) is 0.443. The summed E-state index contributed by atoms with van der Waals surface area (Å²) >= 11 is 0. The summed E-state index contributed by atoms with van der Waals surface area (Å²) in [5.74, 6) is -0.361. The van der Waals surface area contributed by atoms with E-state index in [0.717, 1.165) is 35.8 Å². The van der Waals surface area contributed by atoms with E-state index >= 15 is 0 Å². The summed E-state index contributed by atoms with van der Waals surface area (Å²) < 4.78 is 1.99. The summed E-state index contributed by atoms with van der Waals surface area (Å²) in [5.41, 5.74) is 4.26. The maximum atomic E-state index is 13.1. The largest absolute Gasteiger partial charge is 0.354 e. The Morgan fingerprint density at radius 1 is 1.20 bits per heavy atom. The number of amides is 1. The fraction of sp³-hybridized carbons (Fsp3) is 0.308. The van der Waals surface area contributed by atoms with E-state index in [4.69, 9.17) is 15.1 Å². The molecule has 1 atom stereocenters. The Balaban J connectivity index is 1.41. The number of nitrogens with zero attached hydrogens (tertiary/aromatic N) is 6. The van der Waals surface area contributed by atoms with Gasteiger partial charge in [0.25, 0.3) is 0 Å². The highest BCUT2D eigenvalue weighted by molar-refractivity contribution is 6.06. The van der Waals surface area contributed by atoms with E-state index in [2.05, 4.69) is 21.7 Å². The minimum Gasteiger partial charge on any atom is -0.354 e. The number of hydrogen-bond donors (Lipinski definition) is 2. The maximum absolute atomic E-state index is 13.1. The highest BCUT2D eigenvalue weighted by Gasteiger charge is 2.36. The van der Waals surface area contributed by atoms with Crippen molar-refractivity contribution in [3.8, 4) is 6.07 Å². The fourth-order valence-electron chi connectivity index (χ4n) is 5.07.